The number of fused-ring (bicyclic) bond motifs is 1. The molecule has 0 amide bonds. The maximum atomic E-state index is 6.53. The zero-order chi connectivity index (χ0) is 15.0. The second kappa shape index (κ2) is 5.79. The molecule has 4 heteroatoms. The Balaban J connectivity index is 1.89. The summed E-state index contributed by atoms with van der Waals surface area (Å²) < 4.78 is 5.99. The Morgan fingerprint density at radius 2 is 2.05 bits per heavy atom. The van der Waals surface area contributed by atoms with Crippen molar-refractivity contribution < 1.29 is 4.42 Å². The highest BCUT2D eigenvalue weighted by molar-refractivity contribution is 5.78. The van der Waals surface area contributed by atoms with Gasteiger partial charge in [-0.15, -0.1) is 0 Å². The first-order valence-electron chi connectivity index (χ1n) is 7.69. The van der Waals surface area contributed by atoms with Gasteiger partial charge < -0.3 is 20.0 Å². The van der Waals surface area contributed by atoms with E-state index in [1.165, 1.54) is 12.0 Å². The zero-order valence-electron chi connectivity index (χ0n) is 13.2. The fraction of sp³-hybridized carbons (Fsp3) is 0.529. The number of nitrogens with two attached hydrogens (primary N) is 1. The Hall–Kier alpha value is -1.36. The lowest BCUT2D eigenvalue weighted by Crippen LogP contribution is -2.45. The summed E-state index contributed by atoms with van der Waals surface area (Å²) in [7, 11) is 4.33. The maximum Gasteiger partial charge on any atom is 0.134 e. The highest BCUT2D eigenvalue weighted by atomic mass is 16.3. The molecule has 2 heterocycles. The van der Waals surface area contributed by atoms with Crippen LogP contribution >= 0.6 is 0 Å². The summed E-state index contributed by atoms with van der Waals surface area (Å²) >= 11 is 0. The van der Waals surface area contributed by atoms with Crippen molar-refractivity contribution in [3.8, 4) is 0 Å². The van der Waals surface area contributed by atoms with Crippen LogP contribution in [-0.4, -0.2) is 49.6 Å². The van der Waals surface area contributed by atoms with Crippen LogP contribution < -0.4 is 5.73 Å². The third kappa shape index (κ3) is 2.98. The van der Waals surface area contributed by atoms with E-state index in [9.17, 15) is 0 Å². The predicted molar refractivity (Wildman–Crippen MR) is 86.4 cm³/mol. The third-order valence-electron chi connectivity index (χ3n) is 4.55. The smallest absolute Gasteiger partial charge is 0.134 e. The molecule has 2 unspecified atom stereocenters. The van der Waals surface area contributed by atoms with Crippen LogP contribution in [0.5, 0.6) is 0 Å². The molecule has 1 aromatic carbocycles. The minimum absolute atomic E-state index is 0.0942. The maximum absolute atomic E-state index is 6.53. The van der Waals surface area contributed by atoms with Crippen molar-refractivity contribution in [1.29, 1.82) is 0 Å². The number of aryl methyl sites for hydroxylation is 1. The van der Waals surface area contributed by atoms with Crippen molar-refractivity contribution in [2.75, 3.05) is 33.7 Å². The van der Waals surface area contributed by atoms with E-state index in [4.69, 9.17) is 10.2 Å². The van der Waals surface area contributed by atoms with E-state index < -0.39 is 0 Å². The normalized spacial score (nSPS) is 23.3. The van der Waals surface area contributed by atoms with Gasteiger partial charge in [0.15, 0.2) is 0 Å². The highest BCUT2D eigenvalue weighted by Gasteiger charge is 2.29. The van der Waals surface area contributed by atoms with Crippen LogP contribution in [-0.2, 0) is 0 Å². The molecule has 4 nitrogen and oxygen atoms in total. The lowest BCUT2D eigenvalue weighted by Gasteiger charge is -2.31. The summed E-state index contributed by atoms with van der Waals surface area (Å²) in [4.78, 5) is 4.73. The summed E-state index contributed by atoms with van der Waals surface area (Å²) in [5, 5.41) is 1.14. The van der Waals surface area contributed by atoms with Crippen LogP contribution in [0.4, 0.5) is 0 Å². The number of rotatable bonds is 2. The monoisotopic (exact) mass is 287 g/mol. The molecule has 2 N–H and O–H groups in total. The molecule has 2 atom stereocenters. The van der Waals surface area contributed by atoms with E-state index in [-0.39, 0.29) is 6.04 Å². The Bertz CT molecular complexity index is 622. The van der Waals surface area contributed by atoms with E-state index in [0.29, 0.717) is 6.04 Å². The molecule has 0 saturated carbocycles. The number of hydrogen-bond donors (Lipinski definition) is 1. The topological polar surface area (TPSA) is 45.6 Å². The first-order valence-corrected chi connectivity index (χ1v) is 7.69. The second-order valence-electron chi connectivity index (χ2n) is 6.38. The summed E-state index contributed by atoms with van der Waals surface area (Å²) in [5.74, 6) is 0.891. The van der Waals surface area contributed by atoms with E-state index in [2.05, 4.69) is 49.0 Å². The third-order valence-corrected chi connectivity index (χ3v) is 4.55. The van der Waals surface area contributed by atoms with E-state index in [1.807, 2.05) is 6.07 Å². The quantitative estimate of drug-likeness (QED) is 0.921. The molecule has 0 aliphatic carbocycles. The Morgan fingerprint density at radius 1 is 1.24 bits per heavy atom. The van der Waals surface area contributed by atoms with Gasteiger partial charge in [0.2, 0.25) is 0 Å². The Kier molecular flexibility index (Phi) is 4.02. The number of likely N-dealkylation sites (N-methyl/N-ethyl adjacent to an activating group) is 2. The Labute approximate surface area is 126 Å². The molecule has 1 saturated heterocycles. The number of furan rings is 1. The summed E-state index contributed by atoms with van der Waals surface area (Å²) in [6.07, 6.45) is 1.19. The molecule has 1 aliphatic rings. The standard InChI is InChI=1S/C17H25N3O/c1-12-5-6-15-13(9-12)10-16(21-15)17(18)14-11-19(2)7-4-8-20(14)3/h5-6,9-10,14,17H,4,7-8,11,18H2,1-3H3. The summed E-state index contributed by atoms with van der Waals surface area (Å²) in [6, 6.07) is 8.56. The lowest BCUT2D eigenvalue weighted by atomic mass is 10.0. The molecule has 0 spiro atoms. The number of hydrogen-bond acceptors (Lipinski definition) is 4. The predicted octanol–water partition coefficient (Wildman–Crippen LogP) is 2.38. The van der Waals surface area contributed by atoms with Crippen LogP contribution in [0.3, 0.4) is 0 Å². The van der Waals surface area contributed by atoms with E-state index in [1.54, 1.807) is 0 Å². The highest BCUT2D eigenvalue weighted by Crippen LogP contribution is 2.27. The van der Waals surface area contributed by atoms with Gasteiger partial charge in [-0.2, -0.15) is 0 Å². The van der Waals surface area contributed by atoms with Gasteiger partial charge in [-0.05, 0) is 58.7 Å². The van der Waals surface area contributed by atoms with Gasteiger partial charge in [0, 0.05) is 18.0 Å². The van der Waals surface area contributed by atoms with Crippen LogP contribution in [0, 0.1) is 6.92 Å². The van der Waals surface area contributed by atoms with Gasteiger partial charge in [-0.3, -0.25) is 0 Å². The Morgan fingerprint density at radius 3 is 2.86 bits per heavy atom. The van der Waals surface area contributed by atoms with Gasteiger partial charge in [-0.1, -0.05) is 11.6 Å². The van der Waals surface area contributed by atoms with Gasteiger partial charge in [-0.25, -0.2) is 0 Å². The molecule has 0 radical (unpaired) electrons. The van der Waals surface area contributed by atoms with Gasteiger partial charge in [0.1, 0.15) is 11.3 Å². The molecule has 3 rings (SSSR count). The molecular formula is C17H25N3O. The molecule has 21 heavy (non-hydrogen) atoms. The minimum Gasteiger partial charge on any atom is -0.459 e. The van der Waals surface area contributed by atoms with Crippen molar-refractivity contribution in [2.45, 2.75) is 25.4 Å². The van der Waals surface area contributed by atoms with Crippen LogP contribution in [0.25, 0.3) is 11.0 Å². The van der Waals surface area contributed by atoms with Crippen molar-refractivity contribution in [3.05, 3.63) is 35.6 Å². The van der Waals surface area contributed by atoms with E-state index >= 15 is 0 Å². The molecular weight excluding hydrogens is 262 g/mol. The van der Waals surface area contributed by atoms with Gasteiger partial charge in [0.25, 0.3) is 0 Å². The first kappa shape index (κ1) is 14.6. The average molecular weight is 287 g/mol. The van der Waals surface area contributed by atoms with Crippen molar-refractivity contribution in [1.82, 2.24) is 9.80 Å². The molecule has 114 valence electrons. The number of benzene rings is 1. The zero-order valence-corrected chi connectivity index (χ0v) is 13.2. The second-order valence-corrected chi connectivity index (χ2v) is 6.38. The van der Waals surface area contributed by atoms with Crippen LogP contribution in [0.15, 0.2) is 28.7 Å². The SMILES string of the molecule is Cc1ccc2oc(C(N)C3CN(C)CCCN3C)cc2c1. The lowest BCUT2D eigenvalue weighted by molar-refractivity contribution is 0.186. The molecule has 0 bridgehead atoms. The van der Waals surface area contributed by atoms with Crippen molar-refractivity contribution in [3.63, 3.8) is 0 Å². The van der Waals surface area contributed by atoms with Crippen molar-refractivity contribution >= 4 is 11.0 Å². The van der Waals surface area contributed by atoms with Gasteiger partial charge >= 0.3 is 0 Å². The van der Waals surface area contributed by atoms with Crippen molar-refractivity contribution in [2.24, 2.45) is 5.73 Å². The number of nitrogens with zero attached hydrogens (tertiary/aromatic N) is 2. The van der Waals surface area contributed by atoms with Crippen LogP contribution in [0.2, 0.25) is 0 Å². The van der Waals surface area contributed by atoms with Gasteiger partial charge in [0.05, 0.1) is 6.04 Å². The summed E-state index contributed by atoms with van der Waals surface area (Å²) in [6.45, 7) is 5.29. The fourth-order valence-electron chi connectivity index (χ4n) is 3.23. The molecule has 1 fully saturated rings. The minimum atomic E-state index is -0.0942. The first-order chi connectivity index (χ1) is 10.0. The largest absolute Gasteiger partial charge is 0.459 e. The summed E-state index contributed by atoms with van der Waals surface area (Å²) in [5.41, 5.74) is 8.70. The average Bonchev–Trinajstić information content (AvgIpc) is 2.78. The molecule has 2 aromatic rings. The van der Waals surface area contributed by atoms with Crippen LogP contribution in [0.1, 0.15) is 23.8 Å². The molecule has 1 aromatic heterocycles. The van der Waals surface area contributed by atoms with E-state index in [0.717, 1.165) is 36.4 Å². The molecule has 1 aliphatic heterocycles. The fourth-order valence-corrected chi connectivity index (χ4v) is 3.23.